The lowest BCUT2D eigenvalue weighted by Crippen LogP contribution is -2.29. The molecule has 1 saturated carbocycles. The molecule has 1 N–H and O–H groups in total. The highest BCUT2D eigenvalue weighted by molar-refractivity contribution is 7.12. The summed E-state index contributed by atoms with van der Waals surface area (Å²) in [6.45, 7) is 3.58. The molecule has 1 spiro atoms. The third kappa shape index (κ3) is 2.77. The van der Waals surface area contributed by atoms with Gasteiger partial charge in [-0.2, -0.15) is 0 Å². The number of likely N-dealkylation sites (tertiary alicyclic amines) is 1. The lowest BCUT2D eigenvalue weighted by atomic mass is 10.0. The number of ether oxygens (including phenoxy) is 2. The third-order valence-corrected chi connectivity index (χ3v) is 6.88. The van der Waals surface area contributed by atoms with E-state index in [1.165, 1.54) is 11.3 Å². The van der Waals surface area contributed by atoms with E-state index < -0.39 is 0 Å². The number of benzene rings is 1. The van der Waals surface area contributed by atoms with Gasteiger partial charge in [0.05, 0.1) is 4.88 Å². The van der Waals surface area contributed by atoms with Crippen LogP contribution < -0.4 is 14.8 Å². The minimum Gasteiger partial charge on any atom is -0.454 e. The maximum absolute atomic E-state index is 12.7. The summed E-state index contributed by atoms with van der Waals surface area (Å²) in [6.07, 6.45) is 1.74. The van der Waals surface area contributed by atoms with E-state index in [1.54, 1.807) is 12.1 Å². The number of hydrogen-bond acceptors (Lipinski definition) is 5. The van der Waals surface area contributed by atoms with E-state index in [0.29, 0.717) is 23.7 Å². The second kappa shape index (κ2) is 5.99. The predicted octanol–water partition coefficient (Wildman–Crippen LogP) is 3.28. The highest BCUT2D eigenvalue weighted by atomic mass is 32.1. The first-order valence-corrected chi connectivity index (χ1v) is 9.98. The van der Waals surface area contributed by atoms with E-state index in [-0.39, 0.29) is 29.9 Å². The second-order valence-electron chi connectivity index (χ2n) is 7.59. The number of nitrogens with one attached hydrogen (secondary N) is 1. The van der Waals surface area contributed by atoms with Crippen molar-refractivity contribution in [3.63, 3.8) is 0 Å². The van der Waals surface area contributed by atoms with E-state index >= 15 is 0 Å². The summed E-state index contributed by atoms with van der Waals surface area (Å²) < 4.78 is 10.7. The molecule has 6 nitrogen and oxygen atoms in total. The van der Waals surface area contributed by atoms with Crippen molar-refractivity contribution in [3.8, 4) is 11.5 Å². The van der Waals surface area contributed by atoms with Crippen molar-refractivity contribution < 1.29 is 19.1 Å². The van der Waals surface area contributed by atoms with Crippen LogP contribution in [0.25, 0.3) is 0 Å². The number of amides is 2. The first-order valence-electron chi connectivity index (χ1n) is 9.10. The molecule has 1 aromatic carbocycles. The number of hydrogen-bond donors (Lipinski definition) is 1. The zero-order valence-electron chi connectivity index (χ0n) is 15.0. The highest BCUT2D eigenvalue weighted by Crippen LogP contribution is 2.59. The summed E-state index contributed by atoms with van der Waals surface area (Å²) in [7, 11) is 0. The van der Waals surface area contributed by atoms with Gasteiger partial charge < -0.3 is 19.7 Å². The Kier molecular flexibility index (Phi) is 3.69. The molecule has 140 valence electrons. The molecular formula is C20H20N2O4S. The van der Waals surface area contributed by atoms with Gasteiger partial charge in [0, 0.05) is 36.2 Å². The van der Waals surface area contributed by atoms with E-state index in [4.69, 9.17) is 9.47 Å². The smallest absolute Gasteiger partial charge is 0.264 e. The fraction of sp³-hybridized carbons (Fsp3) is 0.400. The van der Waals surface area contributed by atoms with Crippen LogP contribution in [0.2, 0.25) is 0 Å². The average Bonchev–Trinajstić information content (AvgIpc) is 3.05. The van der Waals surface area contributed by atoms with Gasteiger partial charge in [-0.25, -0.2) is 0 Å². The maximum atomic E-state index is 12.7. The Morgan fingerprint density at radius 2 is 2.11 bits per heavy atom. The number of nitrogens with zero attached hydrogens (tertiary/aromatic N) is 1. The van der Waals surface area contributed by atoms with Gasteiger partial charge in [0.1, 0.15) is 0 Å². The molecule has 7 heteroatoms. The van der Waals surface area contributed by atoms with Crippen LogP contribution in [-0.2, 0) is 4.79 Å². The molecular weight excluding hydrogens is 364 g/mol. The van der Waals surface area contributed by atoms with Crippen LogP contribution in [0.1, 0.15) is 28.1 Å². The Hall–Kier alpha value is -2.54. The van der Waals surface area contributed by atoms with Crippen molar-refractivity contribution in [2.45, 2.75) is 19.8 Å². The normalized spacial score (nSPS) is 25.1. The van der Waals surface area contributed by atoms with Crippen LogP contribution in [0, 0.1) is 18.3 Å². The lowest BCUT2D eigenvalue weighted by Gasteiger charge is -2.16. The van der Waals surface area contributed by atoms with Crippen molar-refractivity contribution in [2.24, 2.45) is 11.3 Å². The summed E-state index contributed by atoms with van der Waals surface area (Å²) in [5.74, 6) is 1.44. The molecule has 0 radical (unpaired) electrons. The van der Waals surface area contributed by atoms with Gasteiger partial charge in [-0.15, -0.1) is 11.3 Å². The average molecular weight is 384 g/mol. The van der Waals surface area contributed by atoms with Crippen LogP contribution in [0.3, 0.4) is 0 Å². The van der Waals surface area contributed by atoms with E-state index in [0.717, 1.165) is 29.8 Å². The van der Waals surface area contributed by atoms with Gasteiger partial charge in [-0.05, 0) is 48.9 Å². The SMILES string of the molecule is Cc1ccsc1C(=O)N1CC[C@]2(C[C@H]2C(=O)Nc2ccc3c(c2)OCO3)C1. The van der Waals surface area contributed by atoms with Gasteiger partial charge in [0.25, 0.3) is 5.91 Å². The van der Waals surface area contributed by atoms with Gasteiger partial charge in [-0.3, -0.25) is 9.59 Å². The first kappa shape index (κ1) is 16.6. The minimum atomic E-state index is -0.0543. The number of thiophene rings is 1. The molecule has 3 aliphatic rings. The van der Waals surface area contributed by atoms with Gasteiger partial charge in [0.2, 0.25) is 12.7 Å². The number of rotatable bonds is 3. The summed E-state index contributed by atoms with van der Waals surface area (Å²) in [5, 5.41) is 4.94. The molecule has 2 fully saturated rings. The summed E-state index contributed by atoms with van der Waals surface area (Å²) in [4.78, 5) is 28.2. The number of carbonyl (C=O) groups is 2. The first-order chi connectivity index (χ1) is 13.1. The fourth-order valence-corrected chi connectivity index (χ4v) is 5.07. The Morgan fingerprint density at radius 1 is 1.26 bits per heavy atom. The predicted molar refractivity (Wildman–Crippen MR) is 101 cm³/mol. The fourth-order valence-electron chi connectivity index (χ4n) is 4.18. The largest absolute Gasteiger partial charge is 0.454 e. The summed E-state index contributed by atoms with van der Waals surface area (Å²) in [6, 6.07) is 7.40. The molecule has 2 aliphatic heterocycles. The van der Waals surface area contributed by atoms with Crippen molar-refractivity contribution >= 4 is 28.8 Å². The minimum absolute atomic E-state index is 0.0236. The molecule has 0 bridgehead atoms. The molecule has 2 amide bonds. The summed E-state index contributed by atoms with van der Waals surface area (Å²) >= 11 is 1.49. The Bertz CT molecular complexity index is 940. The van der Waals surface area contributed by atoms with Crippen molar-refractivity contribution in [1.29, 1.82) is 0 Å². The molecule has 3 heterocycles. The lowest BCUT2D eigenvalue weighted by molar-refractivity contribution is -0.118. The third-order valence-electron chi connectivity index (χ3n) is 5.88. The van der Waals surface area contributed by atoms with Crippen molar-refractivity contribution in [1.82, 2.24) is 4.90 Å². The van der Waals surface area contributed by atoms with Crippen LogP contribution in [0.5, 0.6) is 11.5 Å². The number of carbonyl (C=O) groups excluding carboxylic acids is 2. The molecule has 1 aliphatic carbocycles. The Labute approximate surface area is 161 Å². The standard InChI is InChI=1S/C20H20N2O4S/c1-12-4-7-27-17(12)19(24)22-6-5-20(10-22)9-14(20)18(23)21-13-2-3-15-16(8-13)26-11-25-15/h2-4,7-8,14H,5-6,9-11H2,1H3,(H,21,23)/t14-,20-/m0/s1. The second-order valence-corrected chi connectivity index (χ2v) is 8.50. The Morgan fingerprint density at radius 3 is 2.93 bits per heavy atom. The van der Waals surface area contributed by atoms with Gasteiger partial charge >= 0.3 is 0 Å². The van der Waals surface area contributed by atoms with E-state index in [9.17, 15) is 9.59 Å². The number of aryl methyl sites for hydroxylation is 1. The maximum Gasteiger partial charge on any atom is 0.264 e. The molecule has 0 unspecified atom stereocenters. The monoisotopic (exact) mass is 384 g/mol. The number of anilines is 1. The molecule has 1 aromatic heterocycles. The Balaban J connectivity index is 1.23. The molecule has 1 saturated heterocycles. The topological polar surface area (TPSA) is 67.9 Å². The van der Waals surface area contributed by atoms with Gasteiger partial charge in [-0.1, -0.05) is 0 Å². The molecule has 2 atom stereocenters. The van der Waals surface area contributed by atoms with E-state index in [2.05, 4.69) is 5.32 Å². The zero-order chi connectivity index (χ0) is 18.6. The van der Waals surface area contributed by atoms with Crippen LogP contribution >= 0.6 is 11.3 Å². The van der Waals surface area contributed by atoms with Gasteiger partial charge in [0.15, 0.2) is 11.5 Å². The molecule has 27 heavy (non-hydrogen) atoms. The van der Waals surface area contributed by atoms with E-state index in [1.807, 2.05) is 29.3 Å². The highest BCUT2D eigenvalue weighted by Gasteiger charge is 2.61. The number of fused-ring (bicyclic) bond motifs is 1. The molecule has 2 aromatic rings. The van der Waals surface area contributed by atoms with Crippen LogP contribution in [0.15, 0.2) is 29.6 Å². The molecule has 5 rings (SSSR count). The quantitative estimate of drug-likeness (QED) is 0.882. The summed E-state index contributed by atoms with van der Waals surface area (Å²) in [5.41, 5.74) is 1.69. The van der Waals surface area contributed by atoms with Crippen molar-refractivity contribution in [3.05, 3.63) is 40.1 Å². The van der Waals surface area contributed by atoms with Crippen LogP contribution in [0.4, 0.5) is 5.69 Å². The zero-order valence-corrected chi connectivity index (χ0v) is 15.8. The van der Waals surface area contributed by atoms with Crippen LogP contribution in [-0.4, -0.2) is 36.6 Å². The van der Waals surface area contributed by atoms with Crippen molar-refractivity contribution in [2.75, 3.05) is 25.2 Å².